The monoisotopic (exact) mass is 362 g/mol. The standard InChI is InChI=1S/C17H18N2O3S2/c1-3-14-10-11-16(23-14)24(21,22)19-12-6-8-13-7-4-5-9-15(13)17(20)18-2/h4-5,7,9-11,19H,3,12H2,1-2H3,(H,18,20). The van der Waals surface area contributed by atoms with Gasteiger partial charge in [-0.05, 0) is 30.7 Å². The molecule has 5 nitrogen and oxygen atoms in total. The number of benzene rings is 1. The molecular weight excluding hydrogens is 344 g/mol. The second-order valence-corrected chi connectivity index (χ2v) is 7.99. The molecule has 24 heavy (non-hydrogen) atoms. The lowest BCUT2D eigenvalue weighted by atomic mass is 10.1. The molecule has 0 aliphatic carbocycles. The van der Waals surface area contributed by atoms with E-state index in [4.69, 9.17) is 0 Å². The molecule has 0 bridgehead atoms. The first-order chi connectivity index (χ1) is 11.5. The second kappa shape index (κ2) is 8.11. The summed E-state index contributed by atoms with van der Waals surface area (Å²) in [5, 5.41) is 2.55. The molecule has 0 radical (unpaired) electrons. The Balaban J connectivity index is 2.08. The molecule has 0 atom stereocenters. The zero-order valence-electron chi connectivity index (χ0n) is 13.4. The van der Waals surface area contributed by atoms with Gasteiger partial charge in [-0.25, -0.2) is 8.42 Å². The van der Waals surface area contributed by atoms with Crippen LogP contribution in [0.1, 0.15) is 27.7 Å². The summed E-state index contributed by atoms with van der Waals surface area (Å²) in [5.41, 5.74) is 1.02. The maximum atomic E-state index is 12.2. The van der Waals surface area contributed by atoms with E-state index in [0.29, 0.717) is 11.1 Å². The minimum absolute atomic E-state index is 0.0240. The lowest BCUT2D eigenvalue weighted by molar-refractivity contribution is 0.0963. The van der Waals surface area contributed by atoms with Crippen LogP contribution >= 0.6 is 11.3 Å². The van der Waals surface area contributed by atoms with E-state index in [1.807, 2.05) is 13.0 Å². The van der Waals surface area contributed by atoms with Gasteiger partial charge in [0.25, 0.3) is 15.9 Å². The van der Waals surface area contributed by atoms with Crippen LogP contribution in [-0.2, 0) is 16.4 Å². The summed E-state index contributed by atoms with van der Waals surface area (Å²) in [4.78, 5) is 12.8. The van der Waals surface area contributed by atoms with Crippen LogP contribution in [0, 0.1) is 11.8 Å². The SMILES string of the molecule is CCc1ccc(S(=O)(=O)NCC#Cc2ccccc2C(=O)NC)s1. The van der Waals surface area contributed by atoms with Crippen LogP contribution in [0.2, 0.25) is 0 Å². The molecule has 0 fully saturated rings. The highest BCUT2D eigenvalue weighted by atomic mass is 32.2. The number of thiophene rings is 1. The summed E-state index contributed by atoms with van der Waals surface area (Å²) in [6, 6.07) is 10.3. The average Bonchev–Trinajstić information content (AvgIpc) is 3.08. The largest absolute Gasteiger partial charge is 0.355 e. The summed E-state index contributed by atoms with van der Waals surface area (Å²) < 4.78 is 27.1. The molecule has 0 aliphatic rings. The summed E-state index contributed by atoms with van der Waals surface area (Å²) >= 11 is 1.25. The van der Waals surface area contributed by atoms with Gasteiger partial charge in [0.15, 0.2) is 0 Å². The first kappa shape index (κ1) is 18.2. The smallest absolute Gasteiger partial charge is 0.252 e. The van der Waals surface area contributed by atoms with Crippen molar-refractivity contribution in [2.24, 2.45) is 0 Å². The molecule has 2 N–H and O–H groups in total. The van der Waals surface area contributed by atoms with Crippen molar-refractivity contribution in [2.45, 2.75) is 17.6 Å². The van der Waals surface area contributed by atoms with Gasteiger partial charge >= 0.3 is 0 Å². The molecule has 126 valence electrons. The van der Waals surface area contributed by atoms with Gasteiger partial charge in [0.1, 0.15) is 4.21 Å². The molecule has 0 spiro atoms. The Bertz CT molecular complexity index is 890. The quantitative estimate of drug-likeness (QED) is 0.799. The molecule has 0 saturated heterocycles. The van der Waals surface area contributed by atoms with Crippen LogP contribution < -0.4 is 10.0 Å². The van der Waals surface area contributed by atoms with E-state index in [1.165, 1.54) is 11.3 Å². The number of amides is 1. The Labute approximate surface area is 146 Å². The molecule has 0 saturated carbocycles. The number of rotatable bonds is 5. The van der Waals surface area contributed by atoms with Crippen LogP contribution in [0.5, 0.6) is 0 Å². The predicted molar refractivity (Wildman–Crippen MR) is 95.6 cm³/mol. The van der Waals surface area contributed by atoms with Gasteiger partial charge < -0.3 is 5.32 Å². The van der Waals surface area contributed by atoms with Crippen molar-refractivity contribution < 1.29 is 13.2 Å². The first-order valence-corrected chi connectivity index (χ1v) is 9.66. The van der Waals surface area contributed by atoms with E-state index >= 15 is 0 Å². The number of carbonyl (C=O) groups excluding carboxylic acids is 1. The predicted octanol–water partition coefficient (Wildman–Crippen LogP) is 2.00. The van der Waals surface area contributed by atoms with Crippen molar-refractivity contribution in [3.05, 3.63) is 52.4 Å². The normalized spacial score (nSPS) is 10.8. The molecule has 1 heterocycles. The Morgan fingerprint density at radius 2 is 1.96 bits per heavy atom. The van der Waals surface area contributed by atoms with Crippen molar-refractivity contribution in [3.8, 4) is 11.8 Å². The summed E-state index contributed by atoms with van der Waals surface area (Å²) in [5.74, 6) is 5.36. The minimum Gasteiger partial charge on any atom is -0.355 e. The molecule has 1 amide bonds. The number of hydrogen-bond donors (Lipinski definition) is 2. The number of nitrogens with one attached hydrogen (secondary N) is 2. The van der Waals surface area contributed by atoms with Gasteiger partial charge in [0, 0.05) is 17.5 Å². The molecule has 7 heteroatoms. The maximum absolute atomic E-state index is 12.2. The van der Waals surface area contributed by atoms with Crippen LogP contribution in [0.3, 0.4) is 0 Å². The summed E-state index contributed by atoms with van der Waals surface area (Å²) in [7, 11) is -2.00. The third-order valence-corrected chi connectivity index (χ3v) is 6.35. The fourth-order valence-corrected chi connectivity index (χ4v) is 4.22. The Hall–Kier alpha value is -2.14. The highest BCUT2D eigenvalue weighted by Crippen LogP contribution is 2.21. The van der Waals surface area contributed by atoms with E-state index in [0.717, 1.165) is 11.3 Å². The zero-order valence-corrected chi connectivity index (χ0v) is 15.1. The number of hydrogen-bond acceptors (Lipinski definition) is 4. The Morgan fingerprint density at radius 1 is 1.21 bits per heavy atom. The third-order valence-electron chi connectivity index (χ3n) is 3.22. The molecule has 0 aliphatic heterocycles. The number of sulfonamides is 1. The van der Waals surface area contributed by atoms with Crippen molar-refractivity contribution >= 4 is 27.3 Å². The lowest BCUT2D eigenvalue weighted by Gasteiger charge is -2.02. The van der Waals surface area contributed by atoms with Crippen molar-refractivity contribution in [1.82, 2.24) is 10.0 Å². The zero-order chi connectivity index (χ0) is 17.6. The van der Waals surface area contributed by atoms with Crippen LogP contribution in [0.4, 0.5) is 0 Å². The van der Waals surface area contributed by atoms with Crippen LogP contribution in [-0.4, -0.2) is 27.9 Å². The highest BCUT2D eigenvalue weighted by molar-refractivity contribution is 7.91. The highest BCUT2D eigenvalue weighted by Gasteiger charge is 2.15. The average molecular weight is 362 g/mol. The fraction of sp³-hybridized carbons (Fsp3) is 0.235. The maximum Gasteiger partial charge on any atom is 0.252 e. The number of aryl methyl sites for hydroxylation is 1. The van der Waals surface area contributed by atoms with E-state index in [9.17, 15) is 13.2 Å². The molecule has 2 rings (SSSR count). The molecule has 0 unspecified atom stereocenters. The topological polar surface area (TPSA) is 75.3 Å². The van der Waals surface area contributed by atoms with Crippen LogP contribution in [0.15, 0.2) is 40.6 Å². The lowest BCUT2D eigenvalue weighted by Crippen LogP contribution is -2.23. The Morgan fingerprint density at radius 3 is 2.62 bits per heavy atom. The van der Waals surface area contributed by atoms with E-state index in [1.54, 1.807) is 37.4 Å². The number of carbonyl (C=O) groups is 1. The first-order valence-electron chi connectivity index (χ1n) is 7.36. The second-order valence-electron chi connectivity index (χ2n) is 4.83. The molecular formula is C17H18N2O3S2. The van der Waals surface area contributed by atoms with Gasteiger partial charge in [-0.3, -0.25) is 4.79 Å². The van der Waals surface area contributed by atoms with Crippen molar-refractivity contribution in [1.29, 1.82) is 0 Å². The van der Waals surface area contributed by atoms with Crippen molar-refractivity contribution in [3.63, 3.8) is 0 Å². The van der Waals surface area contributed by atoms with E-state index in [2.05, 4.69) is 21.9 Å². The van der Waals surface area contributed by atoms with Gasteiger partial charge in [-0.1, -0.05) is 30.9 Å². The van der Waals surface area contributed by atoms with Gasteiger partial charge in [0.05, 0.1) is 12.1 Å². The van der Waals surface area contributed by atoms with E-state index < -0.39 is 10.0 Å². The summed E-state index contributed by atoms with van der Waals surface area (Å²) in [6.45, 7) is 1.95. The summed E-state index contributed by atoms with van der Waals surface area (Å²) in [6.07, 6.45) is 0.802. The van der Waals surface area contributed by atoms with Gasteiger partial charge in [-0.2, -0.15) is 4.72 Å². The van der Waals surface area contributed by atoms with Gasteiger partial charge in [0.2, 0.25) is 0 Å². The van der Waals surface area contributed by atoms with E-state index in [-0.39, 0.29) is 16.7 Å². The molecule has 1 aromatic carbocycles. The van der Waals surface area contributed by atoms with Crippen molar-refractivity contribution in [2.75, 3.05) is 13.6 Å². The molecule has 1 aromatic heterocycles. The van der Waals surface area contributed by atoms with Crippen LogP contribution in [0.25, 0.3) is 0 Å². The minimum atomic E-state index is -3.55. The van der Waals surface area contributed by atoms with Gasteiger partial charge in [-0.15, -0.1) is 11.3 Å². The molecule has 2 aromatic rings. The third kappa shape index (κ3) is 4.45. The Kier molecular flexibility index (Phi) is 6.15. The fourth-order valence-electron chi connectivity index (χ4n) is 1.96.